The molecule has 1 aromatic heterocycles. The predicted molar refractivity (Wildman–Crippen MR) is 133 cm³/mol. The van der Waals surface area contributed by atoms with E-state index < -0.39 is 66.3 Å². The molecule has 1 aromatic carbocycles. The van der Waals surface area contributed by atoms with Crippen molar-refractivity contribution in [2.45, 2.75) is 50.0 Å². The maximum Gasteiger partial charge on any atom is 0.327 e. The summed E-state index contributed by atoms with van der Waals surface area (Å²) in [6.07, 6.45) is -0.242. The summed E-state index contributed by atoms with van der Waals surface area (Å²) in [7, 11) is 0. The zero-order valence-electron chi connectivity index (χ0n) is 19.4. The highest BCUT2D eigenvalue weighted by Gasteiger charge is 2.33. The van der Waals surface area contributed by atoms with Crippen LogP contribution in [0.1, 0.15) is 18.9 Å². The summed E-state index contributed by atoms with van der Waals surface area (Å²) in [5.41, 5.74) is 12.3. The third kappa shape index (κ3) is 7.69. The van der Waals surface area contributed by atoms with Crippen molar-refractivity contribution in [1.82, 2.24) is 20.9 Å². The summed E-state index contributed by atoms with van der Waals surface area (Å²) in [5.74, 6) is -5.01. The van der Waals surface area contributed by atoms with Gasteiger partial charge in [-0.15, -0.1) is 0 Å². The number of carbonyl (C=O) groups is 5. The second-order valence-electron chi connectivity index (χ2n) is 8.21. The molecular formula is C22H30N6O7S. The van der Waals surface area contributed by atoms with Gasteiger partial charge in [-0.1, -0.05) is 18.2 Å². The summed E-state index contributed by atoms with van der Waals surface area (Å²) in [6, 6.07) is 1.76. The lowest BCUT2D eigenvalue weighted by molar-refractivity contribution is -0.142. The largest absolute Gasteiger partial charge is 0.480 e. The van der Waals surface area contributed by atoms with E-state index in [1.54, 1.807) is 12.3 Å². The molecule has 0 spiro atoms. The van der Waals surface area contributed by atoms with Crippen molar-refractivity contribution < 1.29 is 34.2 Å². The van der Waals surface area contributed by atoms with E-state index in [9.17, 15) is 29.1 Å². The molecule has 10 N–H and O–H groups in total. The second kappa shape index (κ2) is 12.9. The highest BCUT2D eigenvalue weighted by molar-refractivity contribution is 7.80. The monoisotopic (exact) mass is 522 g/mol. The average molecular weight is 523 g/mol. The lowest BCUT2D eigenvalue weighted by Gasteiger charge is -2.26. The highest BCUT2D eigenvalue weighted by atomic mass is 32.1. The first kappa shape index (κ1) is 28.6. The minimum absolute atomic E-state index is 0.0343. The van der Waals surface area contributed by atoms with Gasteiger partial charge in [0.15, 0.2) is 0 Å². The molecule has 1 heterocycles. The normalized spacial score (nSPS) is 15.2. The molecule has 36 heavy (non-hydrogen) atoms. The number of rotatable bonds is 13. The first-order valence-electron chi connectivity index (χ1n) is 11.0. The minimum atomic E-state index is -1.54. The van der Waals surface area contributed by atoms with Gasteiger partial charge in [0.2, 0.25) is 23.6 Å². The van der Waals surface area contributed by atoms with E-state index in [-0.39, 0.29) is 12.2 Å². The smallest absolute Gasteiger partial charge is 0.327 e. The lowest BCUT2D eigenvalue weighted by Crippen LogP contribution is -2.60. The summed E-state index contributed by atoms with van der Waals surface area (Å²) >= 11 is 3.87. The van der Waals surface area contributed by atoms with E-state index >= 15 is 0 Å². The number of hydrogen-bond acceptors (Lipinski definition) is 8. The minimum Gasteiger partial charge on any atom is -0.480 e. The van der Waals surface area contributed by atoms with Crippen LogP contribution in [0.2, 0.25) is 0 Å². The molecule has 5 unspecified atom stereocenters. The van der Waals surface area contributed by atoms with Crippen LogP contribution in [-0.4, -0.2) is 80.8 Å². The maximum atomic E-state index is 13.2. The molecule has 2 aromatic rings. The summed E-state index contributed by atoms with van der Waals surface area (Å²) in [6.45, 7) is 1.23. The molecule has 13 nitrogen and oxygen atoms in total. The van der Waals surface area contributed by atoms with Crippen LogP contribution in [0.5, 0.6) is 0 Å². The van der Waals surface area contributed by atoms with Crippen LogP contribution in [0.4, 0.5) is 0 Å². The number of nitrogens with one attached hydrogen (secondary N) is 4. The zero-order chi connectivity index (χ0) is 27.0. The predicted octanol–water partition coefficient (Wildman–Crippen LogP) is -2.24. The maximum absolute atomic E-state index is 13.2. The number of amides is 4. The van der Waals surface area contributed by atoms with E-state index in [0.29, 0.717) is 5.56 Å². The Hall–Kier alpha value is -3.62. The Morgan fingerprint density at radius 3 is 2.25 bits per heavy atom. The number of aliphatic carboxylic acids is 1. The zero-order valence-corrected chi connectivity index (χ0v) is 20.3. The van der Waals surface area contributed by atoms with E-state index in [0.717, 1.165) is 10.9 Å². The molecule has 14 heteroatoms. The van der Waals surface area contributed by atoms with Crippen LogP contribution in [0, 0.1) is 0 Å². The third-order valence-electron chi connectivity index (χ3n) is 5.35. The molecule has 5 atom stereocenters. The van der Waals surface area contributed by atoms with Crippen LogP contribution >= 0.6 is 12.6 Å². The van der Waals surface area contributed by atoms with Crippen LogP contribution < -0.4 is 27.4 Å². The number of fused-ring (bicyclic) bond motifs is 1. The number of nitrogens with two attached hydrogens (primary N) is 2. The molecule has 2 rings (SSSR count). The molecule has 0 aliphatic heterocycles. The standard InChI is InChI=1S/C22H30N6O7S/c1-10(29)18(21(33)27-16(9-36)22(34)35)28-20(32)15(26-19(31)13(23)7-17(24)30)6-11-8-25-14-5-3-2-4-12(11)14/h2-5,8,10,13,15-16,18,25,29,36H,6-7,9,23H2,1H3,(H2,24,30)(H,26,31)(H,27,33)(H,28,32)(H,34,35). The molecule has 0 bridgehead atoms. The Bertz CT molecular complexity index is 1120. The van der Waals surface area contributed by atoms with E-state index in [1.807, 2.05) is 18.2 Å². The van der Waals surface area contributed by atoms with Crippen molar-refractivity contribution in [3.8, 4) is 0 Å². The van der Waals surface area contributed by atoms with Crippen molar-refractivity contribution in [3.05, 3.63) is 36.0 Å². The Morgan fingerprint density at radius 1 is 1.03 bits per heavy atom. The fourth-order valence-corrected chi connectivity index (χ4v) is 3.67. The molecule has 4 amide bonds. The fraction of sp³-hybridized carbons (Fsp3) is 0.409. The summed E-state index contributed by atoms with van der Waals surface area (Å²) < 4.78 is 0. The number of thiol groups is 1. The molecule has 0 radical (unpaired) electrons. The van der Waals surface area contributed by atoms with Gasteiger partial charge < -0.3 is 42.6 Å². The SMILES string of the molecule is CC(O)C(NC(=O)C(Cc1c[nH]c2ccccc12)NC(=O)C(N)CC(N)=O)C(=O)NC(CS)C(=O)O. The van der Waals surface area contributed by atoms with Crippen molar-refractivity contribution in [3.63, 3.8) is 0 Å². The number of carboxylic acids is 1. The number of benzene rings is 1. The van der Waals surface area contributed by atoms with Gasteiger partial charge in [-0.3, -0.25) is 19.2 Å². The lowest BCUT2D eigenvalue weighted by atomic mass is 10.0. The quantitative estimate of drug-likeness (QED) is 0.130. The van der Waals surface area contributed by atoms with Crippen molar-refractivity contribution >= 4 is 53.1 Å². The number of primary amides is 1. The van der Waals surface area contributed by atoms with E-state index in [1.165, 1.54) is 6.92 Å². The van der Waals surface area contributed by atoms with Gasteiger partial charge in [0.05, 0.1) is 18.6 Å². The Balaban J connectivity index is 2.28. The van der Waals surface area contributed by atoms with Gasteiger partial charge in [-0.2, -0.15) is 12.6 Å². The van der Waals surface area contributed by atoms with Gasteiger partial charge in [-0.05, 0) is 18.6 Å². The van der Waals surface area contributed by atoms with E-state index in [2.05, 4.69) is 33.6 Å². The first-order chi connectivity index (χ1) is 16.9. The number of para-hydroxylation sites is 1. The van der Waals surface area contributed by atoms with Crippen LogP contribution in [-0.2, 0) is 30.4 Å². The topological polar surface area (TPSA) is 230 Å². The third-order valence-corrected chi connectivity index (χ3v) is 5.71. The molecule has 196 valence electrons. The molecule has 0 saturated heterocycles. The molecule has 0 aliphatic rings. The van der Waals surface area contributed by atoms with Gasteiger partial charge in [0.25, 0.3) is 0 Å². The number of aromatic nitrogens is 1. The molecule has 0 saturated carbocycles. The van der Waals surface area contributed by atoms with Crippen LogP contribution in [0.15, 0.2) is 30.5 Å². The number of hydrogen-bond donors (Lipinski definition) is 9. The molecule has 0 fully saturated rings. The molecule has 0 aliphatic carbocycles. The van der Waals surface area contributed by atoms with Gasteiger partial charge in [0, 0.05) is 29.3 Å². The van der Waals surface area contributed by atoms with Gasteiger partial charge in [-0.25, -0.2) is 4.79 Å². The highest BCUT2D eigenvalue weighted by Crippen LogP contribution is 2.19. The van der Waals surface area contributed by atoms with Gasteiger partial charge in [0.1, 0.15) is 18.1 Å². The Kier molecular flexibility index (Phi) is 10.3. The molecular weight excluding hydrogens is 492 g/mol. The number of carboxylic acid groups (broad SMARTS) is 1. The van der Waals surface area contributed by atoms with Crippen molar-refractivity contribution in [2.24, 2.45) is 11.5 Å². The van der Waals surface area contributed by atoms with Crippen molar-refractivity contribution in [2.75, 3.05) is 5.75 Å². The number of H-pyrrole nitrogens is 1. The number of aliphatic hydroxyl groups excluding tert-OH is 1. The fourth-order valence-electron chi connectivity index (χ4n) is 3.42. The first-order valence-corrected chi connectivity index (χ1v) is 11.6. The summed E-state index contributed by atoms with van der Waals surface area (Å²) in [4.78, 5) is 63.8. The van der Waals surface area contributed by atoms with Gasteiger partial charge >= 0.3 is 5.97 Å². The Labute approximate surface area is 211 Å². The number of carbonyl (C=O) groups excluding carboxylic acids is 4. The van der Waals surface area contributed by atoms with Crippen LogP contribution in [0.3, 0.4) is 0 Å². The van der Waals surface area contributed by atoms with Crippen molar-refractivity contribution in [1.29, 1.82) is 0 Å². The number of aliphatic hydroxyl groups is 1. The summed E-state index contributed by atoms with van der Waals surface area (Å²) in [5, 5.41) is 27.0. The van der Waals surface area contributed by atoms with Crippen LogP contribution in [0.25, 0.3) is 10.9 Å². The van der Waals surface area contributed by atoms with E-state index in [4.69, 9.17) is 16.6 Å². The second-order valence-corrected chi connectivity index (χ2v) is 8.58. The number of aromatic amines is 1. The average Bonchev–Trinajstić information content (AvgIpc) is 3.22. The Morgan fingerprint density at radius 2 is 1.67 bits per heavy atom.